The first-order chi connectivity index (χ1) is 24.5. The van der Waals surface area contributed by atoms with E-state index in [0.717, 1.165) is 118 Å². The Bertz CT molecular complexity index is 1880. The number of rotatable bonds is 4. The molecule has 3 aromatic rings. The molecule has 268 valence electrons. The van der Waals surface area contributed by atoms with Crippen LogP contribution in [0.15, 0.2) is 6.07 Å². The average Bonchev–Trinajstić information content (AvgIpc) is 3.92. The van der Waals surface area contributed by atoms with Gasteiger partial charge < -0.3 is 16.4 Å². The largest absolute Gasteiger partial charge is 0.398 e. The third-order valence-corrected chi connectivity index (χ3v) is 12.1. The van der Waals surface area contributed by atoms with Crippen LogP contribution >= 0.6 is 0 Å². The van der Waals surface area contributed by atoms with Gasteiger partial charge in [-0.3, -0.25) is 19.2 Å². The van der Waals surface area contributed by atoms with Gasteiger partial charge in [-0.1, -0.05) is 6.07 Å². The molecule has 7 heteroatoms. The summed E-state index contributed by atoms with van der Waals surface area (Å²) in [4.78, 5) is 46.6. The number of nitrogens with two attached hydrogens (primary N) is 1. The molecule has 0 heterocycles. The van der Waals surface area contributed by atoms with Crippen molar-refractivity contribution in [1.29, 1.82) is 0 Å². The number of hydrogen-bond donors (Lipinski definition) is 3. The van der Waals surface area contributed by atoms with Crippen molar-refractivity contribution in [3.05, 3.63) is 84.0 Å². The predicted molar refractivity (Wildman–Crippen MR) is 205 cm³/mol. The first kappa shape index (κ1) is 35.2. The number of nitrogens with one attached hydrogen (secondary N) is 2. The van der Waals surface area contributed by atoms with E-state index in [-0.39, 0.29) is 23.4 Å². The molecule has 0 unspecified atom stereocenters. The van der Waals surface area contributed by atoms with Crippen molar-refractivity contribution in [1.82, 2.24) is 0 Å². The van der Waals surface area contributed by atoms with Crippen LogP contribution in [0.3, 0.4) is 0 Å². The molecule has 0 spiro atoms. The summed E-state index contributed by atoms with van der Waals surface area (Å²) in [7, 11) is 0. The smallest absolute Gasteiger partial charge is 0.221 e. The van der Waals surface area contributed by atoms with Crippen molar-refractivity contribution < 1.29 is 19.2 Å². The summed E-state index contributed by atoms with van der Waals surface area (Å²) in [5, 5.41) is 6.09. The second kappa shape index (κ2) is 14.4. The van der Waals surface area contributed by atoms with Crippen molar-refractivity contribution in [3.8, 4) is 0 Å². The third kappa shape index (κ3) is 6.53. The zero-order chi connectivity index (χ0) is 36.0. The number of aryl methyl sites for hydroxylation is 2. The van der Waals surface area contributed by atoms with Crippen LogP contribution in [0.4, 0.5) is 17.1 Å². The third-order valence-electron chi connectivity index (χ3n) is 12.1. The Hall–Kier alpha value is -4.26. The molecule has 2 amide bonds. The fraction of sp³-hybridized carbons (Fsp3) is 0.500. The predicted octanol–water partition coefficient (Wildman–Crippen LogP) is 7.90. The molecule has 3 aromatic carbocycles. The summed E-state index contributed by atoms with van der Waals surface area (Å²) < 4.78 is 0. The molecule has 51 heavy (non-hydrogen) atoms. The van der Waals surface area contributed by atoms with E-state index < -0.39 is 0 Å². The Labute approximate surface area is 302 Å². The van der Waals surface area contributed by atoms with Crippen LogP contribution in [-0.2, 0) is 86.6 Å². The highest BCUT2D eigenvalue weighted by Crippen LogP contribution is 2.43. The lowest BCUT2D eigenvalue weighted by Gasteiger charge is -2.18. The van der Waals surface area contributed by atoms with Gasteiger partial charge in [0.15, 0.2) is 11.6 Å². The van der Waals surface area contributed by atoms with Gasteiger partial charge in [-0.25, -0.2) is 0 Å². The Morgan fingerprint density at radius 3 is 1.10 bits per heavy atom. The molecule has 6 aliphatic rings. The normalized spacial score (nSPS) is 16.8. The van der Waals surface area contributed by atoms with Crippen LogP contribution < -0.4 is 16.4 Å². The van der Waals surface area contributed by atoms with Crippen molar-refractivity contribution in [2.75, 3.05) is 16.4 Å². The summed E-state index contributed by atoms with van der Waals surface area (Å²) >= 11 is 0. The van der Waals surface area contributed by atoms with Gasteiger partial charge in [0, 0.05) is 42.0 Å². The van der Waals surface area contributed by atoms with Gasteiger partial charge in [0.2, 0.25) is 11.8 Å². The number of Topliss-reactive ketones (excluding diaryl/α,β-unsaturated/α-hetero) is 2. The van der Waals surface area contributed by atoms with Gasteiger partial charge in [-0.15, -0.1) is 0 Å². The number of carbonyl (C=O) groups is 4. The van der Waals surface area contributed by atoms with E-state index in [4.69, 9.17) is 5.73 Å². The van der Waals surface area contributed by atoms with Crippen LogP contribution in [0.1, 0.15) is 154 Å². The number of fused-ring (bicyclic) bond motifs is 6. The Morgan fingerprint density at radius 2 is 0.725 bits per heavy atom. The van der Waals surface area contributed by atoms with Crippen molar-refractivity contribution in [2.24, 2.45) is 0 Å². The summed E-state index contributed by atoms with van der Waals surface area (Å²) in [5.41, 5.74) is 27.2. The molecule has 0 saturated heterocycles. The van der Waals surface area contributed by atoms with Crippen LogP contribution in [0, 0.1) is 0 Å². The summed E-state index contributed by atoms with van der Waals surface area (Å²) in [6.45, 7) is 6.53. The molecule has 0 aliphatic heterocycles. The summed E-state index contributed by atoms with van der Waals surface area (Å²) in [6.07, 6.45) is 19.8. The number of hydrogen-bond acceptors (Lipinski definition) is 5. The second-order valence-electron chi connectivity index (χ2n) is 15.5. The Balaban J connectivity index is 0.000000120. The van der Waals surface area contributed by atoms with Crippen molar-refractivity contribution in [3.63, 3.8) is 0 Å². The van der Waals surface area contributed by atoms with E-state index in [1.54, 1.807) is 27.7 Å². The highest BCUT2D eigenvalue weighted by atomic mass is 16.2. The number of ketones is 2. The Kier molecular flexibility index (Phi) is 9.93. The fourth-order valence-electron chi connectivity index (χ4n) is 10.3. The van der Waals surface area contributed by atoms with E-state index in [0.29, 0.717) is 0 Å². The van der Waals surface area contributed by atoms with Gasteiger partial charge >= 0.3 is 0 Å². The number of carbonyl (C=O) groups excluding carboxylic acids is 4. The SMILES string of the molecule is CC(=O)Nc1c2c(c(C(C)=O)c3c1CCC3)CCC2.CC(=O)Nc1c2c(cc3c1CCC3)CCC2.CC(=O)c1c2c(c(N)c3c1CCC3)CCC2. The van der Waals surface area contributed by atoms with Gasteiger partial charge in [0.05, 0.1) is 0 Å². The molecule has 0 radical (unpaired) electrons. The zero-order valence-electron chi connectivity index (χ0n) is 31.0. The lowest BCUT2D eigenvalue weighted by atomic mass is 9.90. The number of amides is 2. The molecule has 0 bridgehead atoms. The lowest BCUT2D eigenvalue weighted by Crippen LogP contribution is -2.14. The van der Waals surface area contributed by atoms with E-state index in [9.17, 15) is 19.2 Å². The number of benzene rings is 3. The fourth-order valence-corrected chi connectivity index (χ4v) is 10.3. The van der Waals surface area contributed by atoms with E-state index in [2.05, 4.69) is 16.7 Å². The molecule has 9 rings (SSSR count). The zero-order valence-corrected chi connectivity index (χ0v) is 31.0. The second-order valence-corrected chi connectivity index (χ2v) is 15.5. The molecule has 0 atom stereocenters. The molecule has 0 saturated carbocycles. The summed E-state index contributed by atoms with van der Waals surface area (Å²) in [6, 6.07) is 2.38. The molecule has 0 aromatic heterocycles. The maximum Gasteiger partial charge on any atom is 0.221 e. The molecular weight excluding hydrogens is 635 g/mol. The minimum atomic E-state index is -0.0150. The van der Waals surface area contributed by atoms with E-state index in [1.165, 1.54) is 92.4 Å². The highest BCUT2D eigenvalue weighted by Gasteiger charge is 2.31. The number of nitrogen functional groups attached to an aromatic ring is 1. The maximum absolute atomic E-state index is 12.0. The highest BCUT2D eigenvalue weighted by molar-refractivity contribution is 6.01. The standard InChI is InChI=1S/C16H19NO2.2C14H17NO/c1-9(18)15-11-5-3-7-13(11)16(17-10(2)19)14-8-4-6-12(14)15;1-9(16)15-14-12-6-2-4-10(12)8-11-5-3-7-13(11)14;1-8(16)13-9-4-2-6-11(9)14(15)12-7-3-5-10(12)13/h3-8H2,1-2H3,(H,17,19);8H,2-7H2,1H3,(H,15,16);2-7,15H2,1H3. The van der Waals surface area contributed by atoms with Crippen molar-refractivity contribution in [2.45, 2.75) is 143 Å². The quantitative estimate of drug-likeness (QED) is 0.190. The minimum absolute atomic E-state index is 0.0150. The first-order valence-corrected chi connectivity index (χ1v) is 19.4. The van der Waals surface area contributed by atoms with Gasteiger partial charge in [0.1, 0.15) is 0 Å². The van der Waals surface area contributed by atoms with Crippen LogP contribution in [-0.4, -0.2) is 23.4 Å². The molecule has 6 aliphatic carbocycles. The molecular formula is C44H53N3O4. The van der Waals surface area contributed by atoms with Crippen LogP contribution in [0.25, 0.3) is 0 Å². The molecule has 7 nitrogen and oxygen atoms in total. The van der Waals surface area contributed by atoms with Gasteiger partial charge in [0.25, 0.3) is 0 Å². The molecule has 0 fully saturated rings. The number of anilines is 3. The van der Waals surface area contributed by atoms with Crippen molar-refractivity contribution >= 4 is 40.4 Å². The summed E-state index contributed by atoms with van der Waals surface area (Å²) in [5.74, 6) is 0.468. The van der Waals surface area contributed by atoms with E-state index in [1.807, 2.05) is 0 Å². The monoisotopic (exact) mass is 687 g/mol. The Morgan fingerprint density at radius 1 is 0.431 bits per heavy atom. The van der Waals surface area contributed by atoms with Gasteiger partial charge in [-0.05, 0) is 196 Å². The topological polar surface area (TPSA) is 118 Å². The van der Waals surface area contributed by atoms with E-state index >= 15 is 0 Å². The van der Waals surface area contributed by atoms with Crippen LogP contribution in [0.2, 0.25) is 0 Å². The first-order valence-electron chi connectivity index (χ1n) is 19.4. The van der Waals surface area contributed by atoms with Crippen LogP contribution in [0.5, 0.6) is 0 Å². The maximum atomic E-state index is 12.0. The lowest BCUT2D eigenvalue weighted by molar-refractivity contribution is -0.115. The van der Waals surface area contributed by atoms with Gasteiger partial charge in [-0.2, -0.15) is 0 Å². The average molecular weight is 688 g/mol. The molecule has 4 N–H and O–H groups in total. The minimum Gasteiger partial charge on any atom is -0.398 e.